The molecule has 0 aliphatic carbocycles. The zero-order valence-corrected chi connectivity index (χ0v) is 8.35. The summed E-state index contributed by atoms with van der Waals surface area (Å²) in [6, 6.07) is 2.33. The Hall–Kier alpha value is -0.840. The average molecular weight is 220 g/mol. The van der Waals surface area contributed by atoms with Gasteiger partial charge >= 0.3 is 0 Å². The van der Waals surface area contributed by atoms with E-state index < -0.39 is 17.7 Å². The number of aliphatic hydroxyl groups is 1. The second-order valence-corrected chi connectivity index (χ2v) is 3.34. The van der Waals surface area contributed by atoms with Crippen LogP contribution in [0.4, 0.5) is 4.39 Å². The SMILES string of the molecule is CNCC(O)c1cc(Cl)cc(F)c1O. The zero-order valence-electron chi connectivity index (χ0n) is 7.59. The standard InChI is InChI=1S/C9H11ClFNO2/c1-12-4-8(13)6-2-5(10)3-7(11)9(6)14/h2-3,8,12-14H,4H2,1H3. The monoisotopic (exact) mass is 219 g/mol. The Morgan fingerprint density at radius 1 is 1.57 bits per heavy atom. The fourth-order valence-electron chi connectivity index (χ4n) is 1.14. The maximum atomic E-state index is 13.0. The van der Waals surface area contributed by atoms with Crippen LogP contribution in [0.2, 0.25) is 5.02 Å². The summed E-state index contributed by atoms with van der Waals surface area (Å²) in [6.07, 6.45) is -0.979. The largest absolute Gasteiger partial charge is 0.505 e. The third-order valence-electron chi connectivity index (χ3n) is 1.81. The molecule has 0 radical (unpaired) electrons. The summed E-state index contributed by atoms with van der Waals surface area (Å²) in [5.74, 6) is -1.39. The Bertz CT molecular complexity index is 333. The molecule has 0 saturated heterocycles. The lowest BCUT2D eigenvalue weighted by molar-refractivity contribution is 0.173. The maximum Gasteiger partial charge on any atom is 0.166 e. The van der Waals surface area contributed by atoms with Crippen LogP contribution < -0.4 is 5.32 Å². The van der Waals surface area contributed by atoms with Crippen LogP contribution in [0, 0.1) is 5.82 Å². The lowest BCUT2D eigenvalue weighted by Crippen LogP contribution is -2.17. The van der Waals surface area contributed by atoms with Gasteiger partial charge in [-0.2, -0.15) is 0 Å². The van der Waals surface area contributed by atoms with E-state index in [0.717, 1.165) is 6.07 Å². The van der Waals surface area contributed by atoms with Crippen molar-refractivity contribution in [3.63, 3.8) is 0 Å². The number of benzene rings is 1. The number of halogens is 2. The van der Waals surface area contributed by atoms with Crippen LogP contribution in [0.3, 0.4) is 0 Å². The zero-order chi connectivity index (χ0) is 10.7. The lowest BCUT2D eigenvalue weighted by Gasteiger charge is -2.12. The van der Waals surface area contributed by atoms with Crippen molar-refractivity contribution in [1.82, 2.24) is 5.32 Å². The summed E-state index contributed by atoms with van der Waals surface area (Å²) in [6.45, 7) is 0.216. The first-order chi connectivity index (χ1) is 6.56. The van der Waals surface area contributed by atoms with Crippen LogP contribution in [0.25, 0.3) is 0 Å². The quantitative estimate of drug-likeness (QED) is 0.721. The Balaban J connectivity index is 3.07. The summed E-state index contributed by atoms with van der Waals surface area (Å²) < 4.78 is 13.0. The fourth-order valence-corrected chi connectivity index (χ4v) is 1.36. The molecule has 1 unspecified atom stereocenters. The highest BCUT2D eigenvalue weighted by Crippen LogP contribution is 2.30. The van der Waals surface area contributed by atoms with E-state index in [-0.39, 0.29) is 17.1 Å². The number of aliphatic hydroxyl groups excluding tert-OH is 1. The number of hydrogen-bond donors (Lipinski definition) is 3. The molecule has 3 nitrogen and oxygen atoms in total. The fraction of sp³-hybridized carbons (Fsp3) is 0.333. The molecule has 1 rings (SSSR count). The summed E-state index contributed by atoms with van der Waals surface area (Å²) in [5, 5.41) is 21.6. The van der Waals surface area contributed by atoms with Crippen LogP contribution >= 0.6 is 11.6 Å². The van der Waals surface area contributed by atoms with Crippen molar-refractivity contribution >= 4 is 11.6 Å². The van der Waals surface area contributed by atoms with Gasteiger partial charge in [0, 0.05) is 17.1 Å². The highest BCUT2D eigenvalue weighted by atomic mass is 35.5. The summed E-state index contributed by atoms with van der Waals surface area (Å²) in [4.78, 5) is 0. The molecule has 0 heterocycles. The first-order valence-corrected chi connectivity index (χ1v) is 4.44. The molecule has 3 N–H and O–H groups in total. The minimum absolute atomic E-state index is 0.0874. The lowest BCUT2D eigenvalue weighted by atomic mass is 10.1. The highest BCUT2D eigenvalue weighted by Gasteiger charge is 2.15. The average Bonchev–Trinajstić information content (AvgIpc) is 2.11. The van der Waals surface area contributed by atoms with E-state index in [0.29, 0.717) is 0 Å². The minimum Gasteiger partial charge on any atom is -0.505 e. The molecular weight excluding hydrogens is 209 g/mol. The Morgan fingerprint density at radius 2 is 2.21 bits per heavy atom. The van der Waals surface area contributed by atoms with Crippen molar-refractivity contribution in [2.24, 2.45) is 0 Å². The van der Waals surface area contributed by atoms with Gasteiger partial charge < -0.3 is 15.5 Å². The Morgan fingerprint density at radius 3 is 2.79 bits per heavy atom. The van der Waals surface area contributed by atoms with E-state index in [1.54, 1.807) is 7.05 Å². The number of phenols is 1. The van der Waals surface area contributed by atoms with Gasteiger partial charge in [0.1, 0.15) is 0 Å². The van der Waals surface area contributed by atoms with E-state index in [1.807, 2.05) is 0 Å². The Labute approximate surface area is 86.1 Å². The molecule has 0 spiro atoms. The van der Waals surface area contributed by atoms with Crippen LogP contribution in [-0.2, 0) is 0 Å². The number of rotatable bonds is 3. The maximum absolute atomic E-state index is 13.0. The summed E-state index contributed by atoms with van der Waals surface area (Å²) in [5.41, 5.74) is 0.0874. The second kappa shape index (κ2) is 4.59. The Kier molecular flexibility index (Phi) is 3.69. The first-order valence-electron chi connectivity index (χ1n) is 4.06. The molecular formula is C9H11ClFNO2. The van der Waals surface area contributed by atoms with Gasteiger partial charge in [-0.3, -0.25) is 0 Å². The number of aromatic hydroxyl groups is 1. The van der Waals surface area contributed by atoms with Crippen LogP contribution in [0.15, 0.2) is 12.1 Å². The molecule has 78 valence electrons. The van der Waals surface area contributed by atoms with Gasteiger partial charge in [-0.1, -0.05) is 11.6 Å². The number of phenolic OH excluding ortho intramolecular Hbond substituents is 1. The minimum atomic E-state index is -0.979. The predicted molar refractivity (Wildman–Crippen MR) is 52.0 cm³/mol. The van der Waals surface area contributed by atoms with Crippen LogP contribution in [0.1, 0.15) is 11.7 Å². The van der Waals surface area contributed by atoms with Crippen LogP contribution in [-0.4, -0.2) is 23.8 Å². The molecule has 0 aliphatic rings. The molecule has 0 fully saturated rings. The summed E-state index contributed by atoms with van der Waals surface area (Å²) >= 11 is 5.58. The highest BCUT2D eigenvalue weighted by molar-refractivity contribution is 6.30. The van der Waals surface area contributed by atoms with Crippen molar-refractivity contribution in [2.75, 3.05) is 13.6 Å². The predicted octanol–water partition coefficient (Wildman–Crippen LogP) is 1.44. The molecule has 0 aromatic heterocycles. The second-order valence-electron chi connectivity index (χ2n) is 2.90. The van der Waals surface area contributed by atoms with E-state index in [1.165, 1.54) is 6.07 Å². The van der Waals surface area contributed by atoms with Crippen molar-refractivity contribution in [1.29, 1.82) is 0 Å². The molecule has 0 aliphatic heterocycles. The van der Waals surface area contributed by atoms with Gasteiger partial charge in [-0.05, 0) is 19.2 Å². The molecule has 0 saturated carbocycles. The smallest absolute Gasteiger partial charge is 0.166 e. The van der Waals surface area contributed by atoms with Crippen molar-refractivity contribution in [3.05, 3.63) is 28.5 Å². The van der Waals surface area contributed by atoms with Gasteiger partial charge in [-0.15, -0.1) is 0 Å². The number of likely N-dealkylation sites (N-methyl/N-ethyl adjacent to an activating group) is 1. The van der Waals surface area contributed by atoms with Crippen molar-refractivity contribution in [3.8, 4) is 5.75 Å². The van der Waals surface area contributed by atoms with E-state index in [9.17, 15) is 14.6 Å². The van der Waals surface area contributed by atoms with Crippen molar-refractivity contribution < 1.29 is 14.6 Å². The normalized spacial score (nSPS) is 12.9. The van der Waals surface area contributed by atoms with Crippen molar-refractivity contribution in [2.45, 2.75) is 6.10 Å². The first kappa shape index (κ1) is 11.2. The molecule has 14 heavy (non-hydrogen) atoms. The number of hydrogen-bond acceptors (Lipinski definition) is 3. The van der Waals surface area contributed by atoms with Gasteiger partial charge in [0.25, 0.3) is 0 Å². The van der Waals surface area contributed by atoms with Gasteiger partial charge in [0.05, 0.1) is 6.10 Å². The topological polar surface area (TPSA) is 52.5 Å². The molecule has 0 amide bonds. The van der Waals surface area contributed by atoms with Gasteiger partial charge in [-0.25, -0.2) is 4.39 Å². The number of nitrogens with one attached hydrogen (secondary N) is 1. The molecule has 1 aromatic carbocycles. The molecule has 5 heteroatoms. The molecule has 1 aromatic rings. The van der Waals surface area contributed by atoms with Gasteiger partial charge in [0.15, 0.2) is 11.6 Å². The summed E-state index contributed by atoms with van der Waals surface area (Å²) in [7, 11) is 1.64. The van der Waals surface area contributed by atoms with E-state index in [4.69, 9.17) is 11.6 Å². The van der Waals surface area contributed by atoms with Crippen LogP contribution in [0.5, 0.6) is 5.75 Å². The van der Waals surface area contributed by atoms with Gasteiger partial charge in [0.2, 0.25) is 0 Å². The third-order valence-corrected chi connectivity index (χ3v) is 2.03. The van der Waals surface area contributed by atoms with E-state index >= 15 is 0 Å². The third kappa shape index (κ3) is 2.35. The molecule has 0 bridgehead atoms. The van der Waals surface area contributed by atoms with E-state index in [2.05, 4.69) is 5.32 Å². The molecule has 1 atom stereocenters.